The van der Waals surface area contributed by atoms with Crippen LogP contribution in [0.2, 0.25) is 0 Å². The summed E-state index contributed by atoms with van der Waals surface area (Å²) in [5.74, 6) is 7.17. The van der Waals surface area contributed by atoms with Crippen molar-refractivity contribution in [3.63, 3.8) is 0 Å². The first-order valence-corrected chi connectivity index (χ1v) is 11.2. The minimum absolute atomic E-state index is 0.134. The average molecular weight is 401 g/mol. The highest BCUT2D eigenvalue weighted by Crippen LogP contribution is 2.45. The molecule has 3 heteroatoms. The van der Waals surface area contributed by atoms with Crippen LogP contribution in [-0.4, -0.2) is 19.7 Å². The van der Waals surface area contributed by atoms with Crippen LogP contribution in [0.4, 0.5) is 0 Å². The molecule has 0 spiro atoms. The van der Waals surface area contributed by atoms with Gasteiger partial charge in [-0.2, -0.15) is 0 Å². The van der Waals surface area contributed by atoms with Crippen LogP contribution >= 0.6 is 0 Å². The number of esters is 1. The Bertz CT molecular complexity index is 653. The summed E-state index contributed by atoms with van der Waals surface area (Å²) in [6.45, 7) is 11.3. The molecule has 1 aliphatic rings. The largest absolute Gasteiger partial charge is 0.493 e. The number of ether oxygens (including phenoxy) is 2. The molecule has 29 heavy (non-hydrogen) atoms. The van der Waals surface area contributed by atoms with Gasteiger partial charge in [0.05, 0.1) is 26.1 Å². The molecule has 3 atom stereocenters. The number of hydrogen-bond donors (Lipinski definition) is 0. The van der Waals surface area contributed by atoms with Gasteiger partial charge in [0.1, 0.15) is 5.75 Å². The van der Waals surface area contributed by atoms with Crippen molar-refractivity contribution in [2.24, 2.45) is 11.3 Å². The summed E-state index contributed by atoms with van der Waals surface area (Å²) in [5, 5.41) is 0. The van der Waals surface area contributed by atoms with Crippen molar-refractivity contribution < 1.29 is 14.3 Å². The summed E-state index contributed by atoms with van der Waals surface area (Å²) in [4.78, 5) is 11.6. The zero-order valence-corrected chi connectivity index (χ0v) is 19.3. The molecule has 1 aromatic rings. The highest BCUT2D eigenvalue weighted by Gasteiger charge is 2.34. The zero-order chi connectivity index (χ0) is 21.7. The van der Waals surface area contributed by atoms with Crippen molar-refractivity contribution >= 4 is 5.97 Å². The number of carbonyl (C=O) groups is 1. The van der Waals surface area contributed by atoms with Gasteiger partial charge in [-0.25, -0.2) is 0 Å². The third kappa shape index (κ3) is 8.52. The Hall–Kier alpha value is -1.95. The Balaban J connectivity index is 0.00000204. The predicted octanol–water partition coefficient (Wildman–Crippen LogP) is 6.76. The first-order chi connectivity index (χ1) is 14.0. The molecule has 1 fully saturated rings. The molecule has 0 heterocycles. The van der Waals surface area contributed by atoms with E-state index < -0.39 is 0 Å². The molecule has 0 radical (unpaired) electrons. The summed E-state index contributed by atoms with van der Waals surface area (Å²) < 4.78 is 10.8. The van der Waals surface area contributed by atoms with Crippen molar-refractivity contribution in [3.05, 3.63) is 29.8 Å². The predicted molar refractivity (Wildman–Crippen MR) is 121 cm³/mol. The molecular formula is C26H40O3. The second kappa shape index (κ2) is 13.3. The lowest BCUT2D eigenvalue weighted by Crippen LogP contribution is -2.14. The molecule has 0 N–H and O–H groups in total. The average Bonchev–Trinajstić information content (AvgIpc) is 3.13. The van der Waals surface area contributed by atoms with Crippen molar-refractivity contribution in [2.75, 3.05) is 13.7 Å². The minimum atomic E-state index is -0.240. The Morgan fingerprint density at radius 2 is 1.97 bits per heavy atom. The SMILES string of the molecule is CC.CC#C[C@@H](CC(=O)OC)c1ccc(OCC2CCC(C)(CCCC)C2)cc1. The van der Waals surface area contributed by atoms with Crippen LogP contribution in [0, 0.1) is 23.2 Å². The maximum atomic E-state index is 11.6. The number of methoxy groups -OCH3 is 1. The van der Waals surface area contributed by atoms with Gasteiger partial charge in [0.25, 0.3) is 0 Å². The van der Waals surface area contributed by atoms with Crippen LogP contribution in [0.5, 0.6) is 5.75 Å². The highest BCUT2D eigenvalue weighted by molar-refractivity contribution is 5.71. The highest BCUT2D eigenvalue weighted by atomic mass is 16.5. The van der Waals surface area contributed by atoms with Crippen LogP contribution in [-0.2, 0) is 9.53 Å². The molecule has 2 unspecified atom stereocenters. The first kappa shape index (κ1) is 25.1. The van der Waals surface area contributed by atoms with Gasteiger partial charge in [-0.1, -0.05) is 58.6 Å². The Kier molecular flexibility index (Phi) is 11.5. The molecule has 0 bridgehead atoms. The Labute approximate surface area is 178 Å². The fraction of sp³-hybridized carbons (Fsp3) is 0.654. The van der Waals surface area contributed by atoms with Crippen LogP contribution in [0.1, 0.15) is 91.0 Å². The second-order valence-corrected chi connectivity index (χ2v) is 8.13. The van der Waals surface area contributed by atoms with E-state index in [0.29, 0.717) is 11.3 Å². The monoisotopic (exact) mass is 400 g/mol. The first-order valence-electron chi connectivity index (χ1n) is 11.2. The van der Waals surface area contributed by atoms with Crippen LogP contribution < -0.4 is 4.74 Å². The van der Waals surface area contributed by atoms with Gasteiger partial charge in [0.2, 0.25) is 0 Å². The van der Waals surface area contributed by atoms with Crippen LogP contribution in [0.25, 0.3) is 0 Å². The summed E-state index contributed by atoms with van der Waals surface area (Å²) in [7, 11) is 1.41. The van der Waals surface area contributed by atoms with Gasteiger partial charge in [-0.05, 0) is 61.6 Å². The van der Waals surface area contributed by atoms with Gasteiger partial charge >= 0.3 is 5.97 Å². The molecule has 0 aromatic heterocycles. The minimum Gasteiger partial charge on any atom is -0.493 e. The van der Waals surface area contributed by atoms with Crippen molar-refractivity contribution in [1.29, 1.82) is 0 Å². The van der Waals surface area contributed by atoms with E-state index >= 15 is 0 Å². The summed E-state index contributed by atoms with van der Waals surface area (Å²) in [6.07, 6.45) is 8.10. The molecule has 0 aliphatic heterocycles. The number of rotatable bonds is 9. The lowest BCUT2D eigenvalue weighted by atomic mass is 9.82. The van der Waals surface area contributed by atoms with E-state index in [1.54, 1.807) is 6.92 Å². The van der Waals surface area contributed by atoms with Gasteiger partial charge < -0.3 is 9.47 Å². The summed E-state index contributed by atoms with van der Waals surface area (Å²) >= 11 is 0. The van der Waals surface area contributed by atoms with Crippen molar-refractivity contribution in [2.45, 2.75) is 85.5 Å². The number of carbonyl (C=O) groups excluding carboxylic acids is 1. The normalized spacial score (nSPS) is 21.2. The van der Waals surface area contributed by atoms with E-state index in [0.717, 1.165) is 17.9 Å². The number of unbranched alkanes of at least 4 members (excludes halogenated alkanes) is 1. The number of hydrogen-bond acceptors (Lipinski definition) is 3. The molecule has 3 nitrogen and oxygen atoms in total. The molecule has 162 valence electrons. The zero-order valence-electron chi connectivity index (χ0n) is 19.3. The van der Waals surface area contributed by atoms with E-state index in [2.05, 4.69) is 25.7 Å². The summed E-state index contributed by atoms with van der Waals surface area (Å²) in [6, 6.07) is 7.99. The quantitative estimate of drug-likeness (QED) is 0.339. The fourth-order valence-corrected chi connectivity index (χ4v) is 4.11. The molecule has 1 aromatic carbocycles. The van der Waals surface area contributed by atoms with Gasteiger partial charge in [-0.15, -0.1) is 5.92 Å². The van der Waals surface area contributed by atoms with E-state index in [4.69, 9.17) is 9.47 Å². The molecule has 2 rings (SSSR count). The van der Waals surface area contributed by atoms with Gasteiger partial charge in [-0.3, -0.25) is 4.79 Å². The van der Waals surface area contributed by atoms with Crippen LogP contribution in [0.15, 0.2) is 24.3 Å². The molecular weight excluding hydrogens is 360 g/mol. The second-order valence-electron chi connectivity index (χ2n) is 8.13. The fourth-order valence-electron chi connectivity index (χ4n) is 4.11. The van der Waals surface area contributed by atoms with Crippen molar-refractivity contribution in [3.8, 4) is 17.6 Å². The molecule has 0 saturated heterocycles. The van der Waals surface area contributed by atoms with Crippen LogP contribution in [0.3, 0.4) is 0 Å². The van der Waals surface area contributed by atoms with E-state index in [-0.39, 0.29) is 18.3 Å². The summed E-state index contributed by atoms with van der Waals surface area (Å²) in [5.41, 5.74) is 1.53. The van der Waals surface area contributed by atoms with E-state index in [1.807, 2.05) is 38.1 Å². The van der Waals surface area contributed by atoms with Gasteiger partial charge in [0, 0.05) is 0 Å². The topological polar surface area (TPSA) is 35.5 Å². The van der Waals surface area contributed by atoms with Gasteiger partial charge in [0.15, 0.2) is 0 Å². The van der Waals surface area contributed by atoms with E-state index in [9.17, 15) is 4.79 Å². The molecule has 0 amide bonds. The number of benzene rings is 1. The third-order valence-corrected chi connectivity index (χ3v) is 5.76. The molecule has 1 saturated carbocycles. The lowest BCUT2D eigenvalue weighted by Gasteiger charge is -2.24. The molecule has 1 aliphatic carbocycles. The standard InChI is InChI=1S/C24H34O3.C2H6/c1-5-7-14-24(3)15-13-19(17-24)18-27-22-11-9-20(10-12-22)21(8-6-2)16-23(25)26-4;1-2/h9-12,19,21H,5,7,13-18H2,1-4H3;1-2H3/t19?,21-,24?;/m0./s1. The lowest BCUT2D eigenvalue weighted by molar-refractivity contribution is -0.140. The Morgan fingerprint density at radius 3 is 2.55 bits per heavy atom. The maximum Gasteiger partial charge on any atom is 0.307 e. The Morgan fingerprint density at radius 1 is 1.28 bits per heavy atom. The smallest absolute Gasteiger partial charge is 0.307 e. The third-order valence-electron chi connectivity index (χ3n) is 5.76. The van der Waals surface area contributed by atoms with E-state index in [1.165, 1.54) is 45.6 Å². The van der Waals surface area contributed by atoms with Crippen molar-refractivity contribution in [1.82, 2.24) is 0 Å². The maximum absolute atomic E-state index is 11.6.